The van der Waals surface area contributed by atoms with E-state index in [-0.39, 0.29) is 13.0 Å². The Morgan fingerprint density at radius 3 is 2.41 bits per heavy atom. The number of anilines is 1. The number of halogens is 2. The van der Waals surface area contributed by atoms with Gasteiger partial charge < -0.3 is 10.1 Å². The topological polar surface area (TPSA) is 55.4 Å². The van der Waals surface area contributed by atoms with Gasteiger partial charge in [-0.15, -0.1) is 0 Å². The van der Waals surface area contributed by atoms with Crippen LogP contribution in [0, 0.1) is 0 Å². The Labute approximate surface area is 109 Å². The fraction of sp³-hybridized carbons (Fsp3) is 0.273. The molecule has 17 heavy (non-hydrogen) atoms. The van der Waals surface area contributed by atoms with Crippen LogP contribution in [-0.4, -0.2) is 18.5 Å². The number of carbonyl (C=O) groups excluding carboxylic acids is 2. The first-order valence-electron chi connectivity index (χ1n) is 4.94. The number of ether oxygens (including phenoxy) is 1. The van der Waals surface area contributed by atoms with Gasteiger partial charge in [0, 0.05) is 0 Å². The molecular weight excluding hydrogens is 265 g/mol. The van der Waals surface area contributed by atoms with Crippen LogP contribution in [0.15, 0.2) is 18.2 Å². The summed E-state index contributed by atoms with van der Waals surface area (Å²) in [4.78, 5) is 22.5. The third-order valence-corrected chi connectivity index (χ3v) is 2.47. The molecule has 0 unspecified atom stereocenters. The first-order chi connectivity index (χ1) is 8.04. The van der Waals surface area contributed by atoms with Crippen LogP contribution in [-0.2, 0) is 14.3 Å². The largest absolute Gasteiger partial charge is 0.466 e. The van der Waals surface area contributed by atoms with E-state index in [9.17, 15) is 9.59 Å². The fourth-order valence-electron chi connectivity index (χ4n) is 1.14. The van der Waals surface area contributed by atoms with Gasteiger partial charge in [0.25, 0.3) is 0 Å². The second-order valence-electron chi connectivity index (χ2n) is 3.13. The van der Waals surface area contributed by atoms with Gasteiger partial charge in [-0.3, -0.25) is 9.59 Å². The summed E-state index contributed by atoms with van der Waals surface area (Å²) in [5.74, 6) is -1.10. The molecule has 1 aromatic carbocycles. The SMILES string of the molecule is CCOC(=O)CC(=O)Nc1c(Cl)cccc1Cl. The molecule has 0 fully saturated rings. The van der Waals surface area contributed by atoms with Gasteiger partial charge in [0.1, 0.15) is 6.42 Å². The van der Waals surface area contributed by atoms with E-state index in [0.29, 0.717) is 15.7 Å². The lowest BCUT2D eigenvalue weighted by atomic mass is 10.3. The third kappa shape index (κ3) is 4.24. The Morgan fingerprint density at radius 1 is 1.29 bits per heavy atom. The quantitative estimate of drug-likeness (QED) is 0.679. The molecular formula is C11H11Cl2NO3. The van der Waals surface area contributed by atoms with Crippen LogP contribution >= 0.6 is 23.2 Å². The minimum absolute atomic E-state index is 0.235. The van der Waals surface area contributed by atoms with Crippen LogP contribution in [0.3, 0.4) is 0 Å². The van der Waals surface area contributed by atoms with Gasteiger partial charge in [0.05, 0.1) is 22.3 Å². The zero-order valence-electron chi connectivity index (χ0n) is 9.13. The predicted octanol–water partition coefficient (Wildman–Crippen LogP) is 2.89. The van der Waals surface area contributed by atoms with Crippen molar-refractivity contribution in [2.45, 2.75) is 13.3 Å². The van der Waals surface area contributed by atoms with Crippen molar-refractivity contribution in [3.05, 3.63) is 28.2 Å². The van der Waals surface area contributed by atoms with Crippen LogP contribution in [0.1, 0.15) is 13.3 Å². The summed E-state index contributed by atoms with van der Waals surface area (Å²) in [6.45, 7) is 1.90. The monoisotopic (exact) mass is 275 g/mol. The van der Waals surface area contributed by atoms with Gasteiger partial charge in [0.15, 0.2) is 0 Å². The van der Waals surface area contributed by atoms with E-state index < -0.39 is 11.9 Å². The highest BCUT2D eigenvalue weighted by atomic mass is 35.5. The van der Waals surface area contributed by atoms with Gasteiger partial charge in [-0.05, 0) is 19.1 Å². The maximum absolute atomic E-state index is 11.5. The summed E-state index contributed by atoms with van der Waals surface area (Å²) in [6.07, 6.45) is -0.366. The fourth-order valence-corrected chi connectivity index (χ4v) is 1.64. The van der Waals surface area contributed by atoms with Crippen LogP contribution in [0.25, 0.3) is 0 Å². The average Bonchev–Trinajstić information content (AvgIpc) is 2.24. The number of hydrogen-bond donors (Lipinski definition) is 1. The maximum Gasteiger partial charge on any atom is 0.315 e. The van der Waals surface area contributed by atoms with Crippen molar-refractivity contribution in [3.8, 4) is 0 Å². The molecule has 1 amide bonds. The molecule has 0 saturated carbocycles. The van der Waals surface area contributed by atoms with E-state index in [1.54, 1.807) is 25.1 Å². The molecule has 0 heterocycles. The molecule has 0 radical (unpaired) electrons. The first-order valence-corrected chi connectivity index (χ1v) is 5.69. The first kappa shape index (κ1) is 13.8. The van der Waals surface area contributed by atoms with E-state index >= 15 is 0 Å². The van der Waals surface area contributed by atoms with E-state index in [0.717, 1.165) is 0 Å². The minimum Gasteiger partial charge on any atom is -0.466 e. The second-order valence-corrected chi connectivity index (χ2v) is 3.94. The summed E-state index contributed by atoms with van der Waals surface area (Å²) in [5.41, 5.74) is 0.296. The highest BCUT2D eigenvalue weighted by Crippen LogP contribution is 2.29. The van der Waals surface area contributed by atoms with Crippen molar-refractivity contribution in [1.82, 2.24) is 0 Å². The molecule has 0 saturated heterocycles. The van der Waals surface area contributed by atoms with Crippen LogP contribution in [0.2, 0.25) is 10.0 Å². The smallest absolute Gasteiger partial charge is 0.315 e. The number of benzene rings is 1. The van der Waals surface area contributed by atoms with Crippen molar-refractivity contribution in [1.29, 1.82) is 0 Å². The van der Waals surface area contributed by atoms with Crippen molar-refractivity contribution in [2.75, 3.05) is 11.9 Å². The zero-order valence-corrected chi connectivity index (χ0v) is 10.6. The Kier molecular flexibility index (Phi) is 5.25. The Balaban J connectivity index is 2.65. The van der Waals surface area contributed by atoms with Crippen LogP contribution in [0.4, 0.5) is 5.69 Å². The summed E-state index contributed by atoms with van der Waals surface area (Å²) in [6, 6.07) is 4.84. The Hall–Kier alpha value is -1.26. The average molecular weight is 276 g/mol. The number of amides is 1. The second kappa shape index (κ2) is 6.47. The minimum atomic E-state index is -0.590. The molecule has 0 aromatic heterocycles. The molecule has 92 valence electrons. The van der Waals surface area contributed by atoms with E-state index in [4.69, 9.17) is 23.2 Å². The lowest BCUT2D eigenvalue weighted by Crippen LogP contribution is -2.18. The number of rotatable bonds is 4. The number of hydrogen-bond acceptors (Lipinski definition) is 3. The van der Waals surface area contributed by atoms with Gasteiger partial charge in [-0.1, -0.05) is 29.3 Å². The molecule has 6 heteroatoms. The molecule has 1 rings (SSSR count). The molecule has 0 spiro atoms. The van der Waals surface area contributed by atoms with Crippen molar-refractivity contribution in [3.63, 3.8) is 0 Å². The normalized spacial score (nSPS) is 9.82. The molecule has 4 nitrogen and oxygen atoms in total. The molecule has 0 aliphatic rings. The van der Waals surface area contributed by atoms with Gasteiger partial charge in [-0.2, -0.15) is 0 Å². The predicted molar refractivity (Wildman–Crippen MR) is 66.3 cm³/mol. The highest BCUT2D eigenvalue weighted by molar-refractivity contribution is 6.39. The molecule has 0 aliphatic heterocycles. The van der Waals surface area contributed by atoms with E-state index in [1.807, 2.05) is 0 Å². The summed E-state index contributed by atoms with van der Waals surface area (Å²) in [7, 11) is 0. The van der Waals surface area contributed by atoms with Crippen LogP contribution < -0.4 is 5.32 Å². The van der Waals surface area contributed by atoms with Gasteiger partial charge in [0.2, 0.25) is 5.91 Å². The molecule has 0 atom stereocenters. The number of carbonyl (C=O) groups is 2. The van der Waals surface area contributed by atoms with Crippen molar-refractivity contribution in [2.24, 2.45) is 0 Å². The van der Waals surface area contributed by atoms with Crippen LogP contribution in [0.5, 0.6) is 0 Å². The maximum atomic E-state index is 11.5. The summed E-state index contributed by atoms with van der Waals surface area (Å²) < 4.78 is 4.64. The highest BCUT2D eigenvalue weighted by Gasteiger charge is 2.13. The molecule has 1 aromatic rings. The van der Waals surface area contributed by atoms with E-state index in [1.165, 1.54) is 0 Å². The summed E-state index contributed by atoms with van der Waals surface area (Å²) >= 11 is 11.7. The molecule has 1 N–H and O–H groups in total. The van der Waals surface area contributed by atoms with E-state index in [2.05, 4.69) is 10.1 Å². The summed E-state index contributed by atoms with van der Waals surface area (Å²) in [5, 5.41) is 3.09. The Morgan fingerprint density at radius 2 is 1.88 bits per heavy atom. The standard InChI is InChI=1S/C11H11Cl2NO3/c1-2-17-10(16)6-9(15)14-11-7(12)4-3-5-8(11)13/h3-5H,2,6H2,1H3,(H,14,15). The lowest BCUT2D eigenvalue weighted by molar-refractivity contribution is -0.145. The number of esters is 1. The zero-order chi connectivity index (χ0) is 12.8. The molecule has 0 aliphatic carbocycles. The van der Waals surface area contributed by atoms with Crippen molar-refractivity contribution < 1.29 is 14.3 Å². The third-order valence-electron chi connectivity index (χ3n) is 1.84. The number of para-hydroxylation sites is 1. The Bertz CT molecular complexity index is 414. The van der Waals surface area contributed by atoms with Gasteiger partial charge >= 0.3 is 5.97 Å². The van der Waals surface area contributed by atoms with Crippen molar-refractivity contribution >= 4 is 40.8 Å². The molecule has 0 bridgehead atoms. The van der Waals surface area contributed by atoms with Gasteiger partial charge in [-0.25, -0.2) is 0 Å². The number of nitrogens with one attached hydrogen (secondary N) is 1. The lowest BCUT2D eigenvalue weighted by Gasteiger charge is -2.08.